The van der Waals surface area contributed by atoms with E-state index in [2.05, 4.69) is 50.8 Å². The van der Waals surface area contributed by atoms with E-state index < -0.39 is 0 Å². The molecule has 1 aromatic rings. The third-order valence-electron chi connectivity index (χ3n) is 3.84. The quantitative estimate of drug-likeness (QED) is 0.545. The van der Waals surface area contributed by atoms with Gasteiger partial charge in [0.2, 0.25) is 0 Å². The summed E-state index contributed by atoms with van der Waals surface area (Å²) in [5.41, 5.74) is 3.91. The van der Waals surface area contributed by atoms with E-state index in [9.17, 15) is 0 Å². The molecule has 114 valence electrons. The molecule has 0 aliphatic carbocycles. The standard InChI is InChI=1S/C18H30ClN/c1-5-7-11-20(12-8-6-2)14-18(19)17-10-9-15(3)13-16(17)4/h9-10,13,18H,5-8,11-12,14H2,1-4H3. The molecule has 2 heteroatoms. The number of aryl methyl sites for hydroxylation is 2. The summed E-state index contributed by atoms with van der Waals surface area (Å²) in [6, 6.07) is 6.59. The second-order valence-electron chi connectivity index (χ2n) is 5.84. The van der Waals surface area contributed by atoms with Crippen LogP contribution in [-0.2, 0) is 0 Å². The number of rotatable bonds is 9. The van der Waals surface area contributed by atoms with Crippen LogP contribution in [0.3, 0.4) is 0 Å². The van der Waals surface area contributed by atoms with E-state index in [-0.39, 0.29) is 5.38 Å². The number of hydrogen-bond acceptors (Lipinski definition) is 1. The van der Waals surface area contributed by atoms with Crippen molar-refractivity contribution in [2.45, 2.75) is 58.8 Å². The third-order valence-corrected chi connectivity index (χ3v) is 4.21. The fourth-order valence-corrected chi connectivity index (χ4v) is 3.00. The van der Waals surface area contributed by atoms with Gasteiger partial charge < -0.3 is 4.90 Å². The van der Waals surface area contributed by atoms with Gasteiger partial charge in [0, 0.05) is 6.54 Å². The number of nitrogens with zero attached hydrogens (tertiary/aromatic N) is 1. The maximum atomic E-state index is 6.67. The maximum absolute atomic E-state index is 6.67. The van der Waals surface area contributed by atoms with Crippen molar-refractivity contribution in [2.75, 3.05) is 19.6 Å². The molecule has 20 heavy (non-hydrogen) atoms. The fourth-order valence-electron chi connectivity index (χ4n) is 2.56. The molecule has 0 aromatic heterocycles. The fraction of sp³-hybridized carbons (Fsp3) is 0.667. The molecule has 1 unspecified atom stereocenters. The average molecular weight is 296 g/mol. The summed E-state index contributed by atoms with van der Waals surface area (Å²) < 4.78 is 0. The molecule has 0 saturated carbocycles. The number of hydrogen-bond donors (Lipinski definition) is 0. The minimum absolute atomic E-state index is 0.101. The van der Waals surface area contributed by atoms with Gasteiger partial charge in [-0.25, -0.2) is 0 Å². The van der Waals surface area contributed by atoms with Gasteiger partial charge in [-0.05, 0) is 50.9 Å². The van der Waals surface area contributed by atoms with Crippen molar-refractivity contribution < 1.29 is 0 Å². The van der Waals surface area contributed by atoms with Crippen LogP contribution in [0.15, 0.2) is 18.2 Å². The van der Waals surface area contributed by atoms with Crippen molar-refractivity contribution in [3.63, 3.8) is 0 Å². The lowest BCUT2D eigenvalue weighted by Gasteiger charge is -2.25. The Balaban J connectivity index is 2.65. The zero-order valence-corrected chi connectivity index (χ0v) is 14.3. The van der Waals surface area contributed by atoms with E-state index in [1.165, 1.54) is 55.5 Å². The Labute approximate surface area is 130 Å². The first-order valence-electron chi connectivity index (χ1n) is 8.02. The Kier molecular flexibility index (Phi) is 8.25. The van der Waals surface area contributed by atoms with Gasteiger partial charge >= 0.3 is 0 Å². The molecule has 1 atom stereocenters. The third kappa shape index (κ3) is 5.85. The Morgan fingerprint density at radius 2 is 1.65 bits per heavy atom. The van der Waals surface area contributed by atoms with E-state index in [1.54, 1.807) is 0 Å². The highest BCUT2D eigenvalue weighted by Crippen LogP contribution is 2.26. The molecule has 0 bridgehead atoms. The molecule has 0 amide bonds. The highest BCUT2D eigenvalue weighted by Gasteiger charge is 2.15. The summed E-state index contributed by atoms with van der Waals surface area (Å²) in [4.78, 5) is 2.53. The second kappa shape index (κ2) is 9.41. The van der Waals surface area contributed by atoms with Crippen molar-refractivity contribution in [3.05, 3.63) is 34.9 Å². The normalized spacial score (nSPS) is 12.9. The zero-order chi connectivity index (χ0) is 15.0. The van der Waals surface area contributed by atoms with Crippen LogP contribution >= 0.6 is 11.6 Å². The molecular formula is C18H30ClN. The Morgan fingerprint density at radius 1 is 1.05 bits per heavy atom. The largest absolute Gasteiger partial charge is 0.302 e. The van der Waals surface area contributed by atoms with Crippen LogP contribution in [0.5, 0.6) is 0 Å². The van der Waals surface area contributed by atoms with Crippen LogP contribution in [0.2, 0.25) is 0 Å². The summed E-state index contributed by atoms with van der Waals surface area (Å²) in [7, 11) is 0. The smallest absolute Gasteiger partial charge is 0.0714 e. The molecule has 1 aromatic carbocycles. The second-order valence-corrected chi connectivity index (χ2v) is 6.36. The number of alkyl halides is 1. The summed E-state index contributed by atoms with van der Waals surface area (Å²) in [6.07, 6.45) is 5.03. The number of benzene rings is 1. The predicted molar refractivity (Wildman–Crippen MR) is 90.8 cm³/mol. The Hall–Kier alpha value is -0.530. The summed E-state index contributed by atoms with van der Waals surface area (Å²) >= 11 is 6.67. The van der Waals surface area contributed by atoms with Crippen LogP contribution in [0.25, 0.3) is 0 Å². The van der Waals surface area contributed by atoms with E-state index in [0.717, 1.165) is 6.54 Å². The van der Waals surface area contributed by atoms with Crippen molar-refractivity contribution in [3.8, 4) is 0 Å². The van der Waals surface area contributed by atoms with Crippen molar-refractivity contribution in [2.24, 2.45) is 0 Å². The summed E-state index contributed by atoms with van der Waals surface area (Å²) in [5.74, 6) is 0. The highest BCUT2D eigenvalue weighted by molar-refractivity contribution is 6.21. The Bertz CT molecular complexity index is 381. The van der Waals surface area contributed by atoms with Crippen LogP contribution in [0.4, 0.5) is 0 Å². The van der Waals surface area contributed by atoms with Crippen molar-refractivity contribution in [1.82, 2.24) is 4.90 Å². The SMILES string of the molecule is CCCCN(CCCC)CC(Cl)c1ccc(C)cc1C. The van der Waals surface area contributed by atoms with Gasteiger partial charge in [0.1, 0.15) is 0 Å². The van der Waals surface area contributed by atoms with Crippen LogP contribution in [0.1, 0.15) is 61.6 Å². The number of unbranched alkanes of at least 4 members (excludes halogenated alkanes) is 2. The lowest BCUT2D eigenvalue weighted by molar-refractivity contribution is 0.265. The van der Waals surface area contributed by atoms with E-state index in [0.29, 0.717) is 0 Å². The topological polar surface area (TPSA) is 3.24 Å². The zero-order valence-electron chi connectivity index (χ0n) is 13.6. The first-order valence-corrected chi connectivity index (χ1v) is 8.45. The highest BCUT2D eigenvalue weighted by atomic mass is 35.5. The number of halogens is 1. The van der Waals surface area contributed by atoms with Gasteiger partial charge in [0.05, 0.1) is 5.38 Å². The minimum Gasteiger partial charge on any atom is -0.302 e. The van der Waals surface area contributed by atoms with E-state index in [1.807, 2.05) is 0 Å². The molecule has 0 fully saturated rings. The van der Waals surface area contributed by atoms with Gasteiger partial charge in [0.15, 0.2) is 0 Å². The van der Waals surface area contributed by atoms with Crippen LogP contribution in [-0.4, -0.2) is 24.5 Å². The Morgan fingerprint density at radius 3 is 2.15 bits per heavy atom. The van der Waals surface area contributed by atoms with Gasteiger partial charge in [-0.15, -0.1) is 11.6 Å². The monoisotopic (exact) mass is 295 g/mol. The molecule has 0 heterocycles. The van der Waals surface area contributed by atoms with Crippen molar-refractivity contribution in [1.29, 1.82) is 0 Å². The maximum Gasteiger partial charge on any atom is 0.0714 e. The lowest BCUT2D eigenvalue weighted by Crippen LogP contribution is -2.29. The van der Waals surface area contributed by atoms with E-state index in [4.69, 9.17) is 11.6 Å². The molecule has 1 nitrogen and oxygen atoms in total. The van der Waals surface area contributed by atoms with Crippen molar-refractivity contribution >= 4 is 11.6 Å². The van der Waals surface area contributed by atoms with Gasteiger partial charge in [0.25, 0.3) is 0 Å². The first-order chi connectivity index (χ1) is 9.58. The van der Waals surface area contributed by atoms with Crippen LogP contribution < -0.4 is 0 Å². The lowest BCUT2D eigenvalue weighted by atomic mass is 10.0. The molecule has 0 aliphatic heterocycles. The minimum atomic E-state index is 0.101. The van der Waals surface area contributed by atoms with E-state index >= 15 is 0 Å². The van der Waals surface area contributed by atoms with Gasteiger partial charge in [-0.2, -0.15) is 0 Å². The average Bonchev–Trinajstić information content (AvgIpc) is 2.41. The molecule has 1 rings (SSSR count). The van der Waals surface area contributed by atoms with Gasteiger partial charge in [-0.1, -0.05) is 50.5 Å². The predicted octanol–water partition coefficient (Wildman–Crippen LogP) is 5.49. The van der Waals surface area contributed by atoms with Gasteiger partial charge in [-0.3, -0.25) is 0 Å². The molecule has 0 N–H and O–H groups in total. The molecule has 0 radical (unpaired) electrons. The summed E-state index contributed by atoms with van der Waals surface area (Å²) in [5, 5.41) is 0.101. The summed E-state index contributed by atoms with van der Waals surface area (Å²) in [6.45, 7) is 12.1. The molecule has 0 aliphatic rings. The first kappa shape index (κ1) is 17.5. The molecule has 0 saturated heterocycles. The van der Waals surface area contributed by atoms with Crippen LogP contribution in [0, 0.1) is 13.8 Å². The molecule has 0 spiro atoms. The molecular weight excluding hydrogens is 266 g/mol.